The van der Waals surface area contributed by atoms with Gasteiger partial charge < -0.3 is 10.2 Å². The van der Waals surface area contributed by atoms with Gasteiger partial charge in [0, 0.05) is 34.5 Å². The van der Waals surface area contributed by atoms with Crippen LogP contribution in [0.25, 0.3) is 0 Å². The molecule has 0 radical (unpaired) electrons. The number of alkyl halides is 7. The summed E-state index contributed by atoms with van der Waals surface area (Å²) in [6, 6.07) is 6.50. The molecule has 0 fully saturated rings. The molecule has 39 heavy (non-hydrogen) atoms. The Morgan fingerprint density at radius 1 is 1.00 bits per heavy atom. The van der Waals surface area contributed by atoms with Crippen LogP contribution >= 0.6 is 27.5 Å². The van der Waals surface area contributed by atoms with Crippen molar-refractivity contribution in [3.05, 3.63) is 86.9 Å². The summed E-state index contributed by atoms with van der Waals surface area (Å²) < 4.78 is 108. The maximum Gasteiger partial charge on any atom is 0.435 e. The van der Waals surface area contributed by atoms with E-state index in [9.17, 15) is 40.3 Å². The molecule has 0 aliphatic carbocycles. The van der Waals surface area contributed by atoms with Gasteiger partial charge in [-0.1, -0.05) is 17.7 Å². The fourth-order valence-electron chi connectivity index (χ4n) is 3.54. The summed E-state index contributed by atoms with van der Waals surface area (Å²) in [6.07, 6.45) is -10.1. The number of nitrogens with zero attached hydrogens (tertiary/aromatic N) is 2. The summed E-state index contributed by atoms with van der Waals surface area (Å²) in [6.45, 7) is 1.54. The lowest BCUT2D eigenvalue weighted by atomic mass is 9.94. The Hall–Kier alpha value is -3.26. The number of carbonyl (C=O) groups excluding carboxylic acids is 2. The fraction of sp³-hybridized carbons (Fsp3) is 0.208. The molecule has 2 amide bonds. The van der Waals surface area contributed by atoms with E-state index in [0.29, 0.717) is 0 Å². The van der Waals surface area contributed by atoms with Crippen LogP contribution in [0.3, 0.4) is 0 Å². The van der Waals surface area contributed by atoms with Crippen LogP contribution in [0.4, 0.5) is 46.5 Å². The van der Waals surface area contributed by atoms with Gasteiger partial charge in [0.25, 0.3) is 11.8 Å². The SMILES string of the molecule is CCN(C(=O)c1ccncc1)c1cccc(C(=O)Nc2c(Cl)cc(C(F)(C(F)(F)F)C(F)(F)F)cc2Br)c1F. The van der Waals surface area contributed by atoms with Crippen molar-refractivity contribution in [2.45, 2.75) is 24.9 Å². The number of anilines is 2. The van der Waals surface area contributed by atoms with Crippen LogP contribution in [0, 0.1) is 5.82 Å². The molecule has 0 unspecified atom stereocenters. The molecule has 0 spiro atoms. The second-order valence-electron chi connectivity index (χ2n) is 7.85. The van der Waals surface area contributed by atoms with Crippen LogP contribution in [-0.4, -0.2) is 35.7 Å². The summed E-state index contributed by atoms with van der Waals surface area (Å²) in [5.41, 5.74) is -8.95. The molecule has 0 saturated heterocycles. The average molecular weight is 645 g/mol. The van der Waals surface area contributed by atoms with E-state index < -0.39 is 62.0 Å². The van der Waals surface area contributed by atoms with Gasteiger partial charge in [-0.2, -0.15) is 26.3 Å². The molecule has 0 aliphatic rings. The molecule has 0 aliphatic heterocycles. The van der Waals surface area contributed by atoms with E-state index in [4.69, 9.17) is 11.6 Å². The predicted octanol–water partition coefficient (Wildman–Crippen LogP) is 7.85. The predicted molar refractivity (Wildman–Crippen MR) is 130 cm³/mol. The lowest BCUT2D eigenvalue weighted by Crippen LogP contribution is -2.50. The molecule has 0 atom stereocenters. The molecule has 3 aromatic rings. The number of benzene rings is 2. The number of pyridine rings is 1. The van der Waals surface area contributed by atoms with Crippen molar-refractivity contribution >= 4 is 50.7 Å². The molecule has 1 N–H and O–H groups in total. The van der Waals surface area contributed by atoms with E-state index in [-0.39, 0.29) is 29.9 Å². The summed E-state index contributed by atoms with van der Waals surface area (Å²) in [5, 5.41) is 1.18. The number of hydrogen-bond acceptors (Lipinski definition) is 3. The van der Waals surface area contributed by atoms with Crippen molar-refractivity contribution in [3.8, 4) is 0 Å². The molecule has 0 bridgehead atoms. The van der Waals surface area contributed by atoms with Crippen molar-refractivity contribution in [1.29, 1.82) is 0 Å². The number of nitrogens with one attached hydrogen (secondary N) is 1. The number of rotatable bonds is 6. The van der Waals surface area contributed by atoms with Gasteiger partial charge in [-0.25, -0.2) is 8.78 Å². The topological polar surface area (TPSA) is 62.3 Å². The van der Waals surface area contributed by atoms with E-state index >= 15 is 4.39 Å². The number of amides is 2. The summed E-state index contributed by atoms with van der Waals surface area (Å²) >= 11 is 8.51. The van der Waals surface area contributed by atoms with Crippen LogP contribution in [0.5, 0.6) is 0 Å². The Morgan fingerprint density at radius 2 is 1.59 bits per heavy atom. The maximum absolute atomic E-state index is 15.4. The number of halogens is 10. The van der Waals surface area contributed by atoms with Crippen molar-refractivity contribution in [2.24, 2.45) is 0 Å². The molecular formula is C24H15BrClF8N3O2. The highest BCUT2D eigenvalue weighted by Gasteiger charge is 2.73. The van der Waals surface area contributed by atoms with Crippen molar-refractivity contribution in [1.82, 2.24) is 4.98 Å². The molecule has 3 rings (SSSR count). The summed E-state index contributed by atoms with van der Waals surface area (Å²) in [7, 11) is 0. The van der Waals surface area contributed by atoms with Gasteiger partial charge in [0.2, 0.25) is 0 Å². The van der Waals surface area contributed by atoms with E-state index in [1.54, 1.807) is 6.92 Å². The Labute approximate surface area is 228 Å². The van der Waals surface area contributed by atoms with Gasteiger partial charge in [0.05, 0.1) is 22.0 Å². The Bertz CT molecular complexity index is 1360. The van der Waals surface area contributed by atoms with Crippen molar-refractivity contribution in [3.63, 3.8) is 0 Å². The summed E-state index contributed by atoms with van der Waals surface area (Å²) in [5.74, 6) is -2.97. The fourth-order valence-corrected chi connectivity index (χ4v) is 4.48. The number of hydrogen-bond donors (Lipinski definition) is 1. The highest BCUT2D eigenvalue weighted by atomic mass is 79.9. The van der Waals surface area contributed by atoms with E-state index in [0.717, 1.165) is 11.0 Å². The highest BCUT2D eigenvalue weighted by molar-refractivity contribution is 9.10. The van der Waals surface area contributed by atoms with Gasteiger partial charge in [0.1, 0.15) is 0 Å². The smallest absolute Gasteiger partial charge is 0.320 e. The minimum Gasteiger partial charge on any atom is -0.320 e. The first-order valence-electron chi connectivity index (χ1n) is 10.7. The average Bonchev–Trinajstić information content (AvgIpc) is 2.85. The lowest BCUT2D eigenvalue weighted by molar-refractivity contribution is -0.348. The Kier molecular flexibility index (Phi) is 8.60. The van der Waals surface area contributed by atoms with E-state index in [1.165, 1.54) is 36.7 Å². The third kappa shape index (κ3) is 5.71. The third-order valence-electron chi connectivity index (χ3n) is 5.46. The van der Waals surface area contributed by atoms with Crippen molar-refractivity contribution in [2.75, 3.05) is 16.8 Å². The van der Waals surface area contributed by atoms with Crippen LogP contribution in [0.15, 0.2) is 59.3 Å². The van der Waals surface area contributed by atoms with Crippen molar-refractivity contribution < 1.29 is 44.7 Å². The molecule has 0 saturated carbocycles. The van der Waals surface area contributed by atoms with Crippen LogP contribution in [-0.2, 0) is 5.67 Å². The van der Waals surface area contributed by atoms with Gasteiger partial charge in [-0.3, -0.25) is 14.6 Å². The molecule has 2 aromatic carbocycles. The molecule has 1 heterocycles. The van der Waals surface area contributed by atoms with Crippen LogP contribution in [0.2, 0.25) is 5.02 Å². The third-order valence-corrected chi connectivity index (χ3v) is 6.39. The van der Waals surface area contributed by atoms with Crippen LogP contribution in [0.1, 0.15) is 33.2 Å². The zero-order chi connectivity index (χ0) is 29.3. The highest BCUT2D eigenvalue weighted by Crippen LogP contribution is 2.54. The quantitative estimate of drug-likeness (QED) is 0.278. The standard InChI is InChI=1S/C24H15BrClF8N3O2/c1-2-37(21(39)12-6-8-35-9-7-12)17-5-3-4-14(18(17)27)20(38)36-19-15(25)10-13(11-16(19)26)22(28,23(29,30)31)24(32,33)34/h3-11H,2H2,1H3,(H,36,38). The first-order valence-corrected chi connectivity index (χ1v) is 11.8. The molecular weight excluding hydrogens is 630 g/mol. The van der Waals surface area contributed by atoms with Gasteiger partial charge in [-0.05, 0) is 59.3 Å². The van der Waals surface area contributed by atoms with Gasteiger partial charge in [0.15, 0.2) is 5.82 Å². The lowest BCUT2D eigenvalue weighted by Gasteiger charge is -2.30. The normalized spacial score (nSPS) is 12.3. The second-order valence-corrected chi connectivity index (χ2v) is 9.11. The summed E-state index contributed by atoms with van der Waals surface area (Å²) in [4.78, 5) is 30.6. The van der Waals surface area contributed by atoms with Crippen LogP contribution < -0.4 is 10.2 Å². The Balaban J connectivity index is 1.98. The first kappa shape index (κ1) is 30.3. The Morgan fingerprint density at radius 3 is 2.10 bits per heavy atom. The van der Waals surface area contributed by atoms with Gasteiger partial charge in [-0.15, -0.1) is 0 Å². The largest absolute Gasteiger partial charge is 0.435 e. The van der Waals surface area contributed by atoms with E-state index in [2.05, 4.69) is 26.2 Å². The molecule has 208 valence electrons. The molecule has 15 heteroatoms. The zero-order valence-corrected chi connectivity index (χ0v) is 21.7. The molecule has 1 aromatic heterocycles. The number of carbonyl (C=O) groups is 2. The maximum atomic E-state index is 15.4. The second kappa shape index (κ2) is 11.1. The van der Waals surface area contributed by atoms with E-state index in [1.807, 2.05) is 0 Å². The monoisotopic (exact) mass is 643 g/mol. The minimum atomic E-state index is -6.39. The minimum absolute atomic E-state index is 0.00855. The van der Waals surface area contributed by atoms with Gasteiger partial charge >= 0.3 is 18.0 Å². The first-order chi connectivity index (χ1) is 18.0. The number of aromatic nitrogens is 1. The molecule has 5 nitrogen and oxygen atoms in total. The zero-order valence-electron chi connectivity index (χ0n) is 19.4.